The van der Waals surface area contributed by atoms with E-state index in [2.05, 4.69) is 5.32 Å². The van der Waals surface area contributed by atoms with Crippen molar-refractivity contribution in [1.29, 1.82) is 0 Å². The van der Waals surface area contributed by atoms with Gasteiger partial charge in [0.2, 0.25) is 5.91 Å². The first kappa shape index (κ1) is 13.4. The first-order chi connectivity index (χ1) is 6.40. The van der Waals surface area contributed by atoms with Crippen LogP contribution in [0.15, 0.2) is 0 Å². The lowest BCUT2D eigenvalue weighted by atomic mass is 10.0. The van der Waals surface area contributed by atoms with Crippen LogP contribution in [0, 0.1) is 11.8 Å². The van der Waals surface area contributed by atoms with Gasteiger partial charge in [0.15, 0.2) is 0 Å². The Bertz CT molecular complexity index is 181. The van der Waals surface area contributed by atoms with Gasteiger partial charge in [0, 0.05) is 0 Å². The van der Waals surface area contributed by atoms with Gasteiger partial charge in [-0.1, -0.05) is 27.7 Å². The Hall–Kier alpha value is -0.610. The molecule has 4 nitrogen and oxygen atoms in total. The number of amides is 1. The molecule has 0 saturated carbocycles. The van der Waals surface area contributed by atoms with E-state index in [1.807, 2.05) is 27.7 Å². The SMILES string of the molecule is CC(C)C(CO)NC(=O)[C@@H](N)C(C)C. The summed E-state index contributed by atoms with van der Waals surface area (Å²) in [6.07, 6.45) is 0. The number of hydrogen-bond acceptors (Lipinski definition) is 3. The summed E-state index contributed by atoms with van der Waals surface area (Å²) in [5.41, 5.74) is 5.67. The highest BCUT2D eigenvalue weighted by Crippen LogP contribution is 2.03. The quantitative estimate of drug-likeness (QED) is 0.592. The van der Waals surface area contributed by atoms with Gasteiger partial charge in [-0.2, -0.15) is 0 Å². The molecule has 1 unspecified atom stereocenters. The van der Waals surface area contributed by atoms with E-state index in [0.29, 0.717) is 0 Å². The number of carbonyl (C=O) groups is 1. The van der Waals surface area contributed by atoms with Crippen LogP contribution in [0.2, 0.25) is 0 Å². The molecule has 0 aliphatic carbocycles. The van der Waals surface area contributed by atoms with Crippen LogP contribution in [0.1, 0.15) is 27.7 Å². The average Bonchev–Trinajstić information content (AvgIpc) is 2.11. The molecule has 2 atom stereocenters. The summed E-state index contributed by atoms with van der Waals surface area (Å²) in [4.78, 5) is 11.5. The molecule has 0 aromatic rings. The number of aliphatic hydroxyl groups is 1. The number of rotatable bonds is 5. The summed E-state index contributed by atoms with van der Waals surface area (Å²) in [5, 5.41) is 11.7. The predicted octanol–water partition coefficient (Wildman–Crippen LogP) is 0.103. The van der Waals surface area contributed by atoms with E-state index in [1.165, 1.54) is 0 Å². The third kappa shape index (κ3) is 4.07. The van der Waals surface area contributed by atoms with Gasteiger partial charge in [-0.15, -0.1) is 0 Å². The van der Waals surface area contributed by atoms with Crippen molar-refractivity contribution in [2.24, 2.45) is 17.6 Å². The number of nitrogens with one attached hydrogen (secondary N) is 1. The van der Waals surface area contributed by atoms with Gasteiger partial charge < -0.3 is 16.2 Å². The van der Waals surface area contributed by atoms with Crippen molar-refractivity contribution in [1.82, 2.24) is 5.32 Å². The fourth-order valence-corrected chi connectivity index (χ4v) is 1.00. The molecule has 0 spiro atoms. The molecule has 0 aliphatic rings. The third-order valence-electron chi connectivity index (χ3n) is 2.35. The number of nitrogens with two attached hydrogens (primary N) is 1. The second kappa shape index (κ2) is 5.98. The monoisotopic (exact) mass is 202 g/mol. The lowest BCUT2D eigenvalue weighted by molar-refractivity contribution is -0.124. The van der Waals surface area contributed by atoms with Gasteiger partial charge in [-0.3, -0.25) is 4.79 Å². The van der Waals surface area contributed by atoms with Crippen molar-refractivity contribution in [3.8, 4) is 0 Å². The average molecular weight is 202 g/mol. The van der Waals surface area contributed by atoms with Crippen LogP contribution in [-0.2, 0) is 4.79 Å². The van der Waals surface area contributed by atoms with Gasteiger partial charge in [0.1, 0.15) is 0 Å². The molecule has 1 amide bonds. The molecule has 0 aromatic heterocycles. The zero-order chi connectivity index (χ0) is 11.3. The highest BCUT2D eigenvalue weighted by Gasteiger charge is 2.21. The van der Waals surface area contributed by atoms with Gasteiger partial charge in [-0.25, -0.2) is 0 Å². The Labute approximate surface area is 85.9 Å². The number of hydrogen-bond donors (Lipinski definition) is 3. The second-order valence-corrected chi connectivity index (χ2v) is 4.31. The fraction of sp³-hybridized carbons (Fsp3) is 0.900. The molecular weight excluding hydrogens is 180 g/mol. The molecule has 0 bridgehead atoms. The smallest absolute Gasteiger partial charge is 0.237 e. The van der Waals surface area contributed by atoms with Gasteiger partial charge in [0.25, 0.3) is 0 Å². The highest BCUT2D eigenvalue weighted by atomic mass is 16.3. The van der Waals surface area contributed by atoms with Crippen molar-refractivity contribution in [2.75, 3.05) is 6.61 Å². The molecule has 0 saturated heterocycles. The fourth-order valence-electron chi connectivity index (χ4n) is 1.00. The van der Waals surface area contributed by atoms with Crippen LogP contribution >= 0.6 is 0 Å². The van der Waals surface area contributed by atoms with Gasteiger partial charge >= 0.3 is 0 Å². The molecule has 14 heavy (non-hydrogen) atoms. The summed E-state index contributed by atoms with van der Waals surface area (Å²) in [6, 6.07) is -0.699. The van der Waals surface area contributed by atoms with Crippen molar-refractivity contribution in [3.05, 3.63) is 0 Å². The van der Waals surface area contributed by atoms with Crippen LogP contribution in [0.4, 0.5) is 0 Å². The Kier molecular flexibility index (Phi) is 5.72. The molecule has 0 radical (unpaired) electrons. The summed E-state index contributed by atoms with van der Waals surface area (Å²) in [7, 11) is 0. The molecule has 84 valence electrons. The lowest BCUT2D eigenvalue weighted by Crippen LogP contribution is -2.50. The van der Waals surface area contributed by atoms with E-state index < -0.39 is 6.04 Å². The Morgan fingerprint density at radius 1 is 1.29 bits per heavy atom. The molecule has 0 aliphatic heterocycles. The first-order valence-corrected chi connectivity index (χ1v) is 5.07. The molecule has 0 rings (SSSR count). The molecule has 4 heteroatoms. The van der Waals surface area contributed by atoms with Crippen LogP contribution in [0.3, 0.4) is 0 Å². The summed E-state index contributed by atoms with van der Waals surface area (Å²) >= 11 is 0. The van der Waals surface area contributed by atoms with Crippen LogP contribution < -0.4 is 11.1 Å². The van der Waals surface area contributed by atoms with Crippen LogP contribution in [-0.4, -0.2) is 29.7 Å². The van der Waals surface area contributed by atoms with E-state index in [9.17, 15) is 4.79 Å². The van der Waals surface area contributed by atoms with Crippen molar-refractivity contribution < 1.29 is 9.90 Å². The van der Waals surface area contributed by atoms with Gasteiger partial charge in [-0.05, 0) is 11.8 Å². The maximum atomic E-state index is 11.5. The van der Waals surface area contributed by atoms with Crippen molar-refractivity contribution in [3.63, 3.8) is 0 Å². The van der Waals surface area contributed by atoms with E-state index in [1.54, 1.807) is 0 Å². The third-order valence-corrected chi connectivity index (χ3v) is 2.35. The van der Waals surface area contributed by atoms with Crippen LogP contribution in [0.5, 0.6) is 0 Å². The topological polar surface area (TPSA) is 75.3 Å². The molecule has 0 fully saturated rings. The van der Waals surface area contributed by atoms with Crippen molar-refractivity contribution in [2.45, 2.75) is 39.8 Å². The summed E-state index contributed by atoms with van der Waals surface area (Å²) in [6.45, 7) is 7.64. The normalized spacial score (nSPS) is 15.7. The molecule has 4 N–H and O–H groups in total. The van der Waals surface area contributed by atoms with E-state index >= 15 is 0 Å². The van der Waals surface area contributed by atoms with E-state index in [0.717, 1.165) is 0 Å². The van der Waals surface area contributed by atoms with E-state index in [4.69, 9.17) is 10.8 Å². The summed E-state index contributed by atoms with van der Waals surface area (Å²) in [5.74, 6) is 0.137. The largest absolute Gasteiger partial charge is 0.394 e. The second-order valence-electron chi connectivity index (χ2n) is 4.31. The molecular formula is C10H22N2O2. The molecule has 0 aromatic carbocycles. The lowest BCUT2D eigenvalue weighted by Gasteiger charge is -2.23. The Balaban J connectivity index is 4.15. The first-order valence-electron chi connectivity index (χ1n) is 5.07. The number of carbonyl (C=O) groups excluding carboxylic acids is 1. The Morgan fingerprint density at radius 2 is 1.79 bits per heavy atom. The van der Waals surface area contributed by atoms with Crippen molar-refractivity contribution >= 4 is 5.91 Å². The minimum absolute atomic E-state index is 0.0474. The minimum atomic E-state index is -0.497. The zero-order valence-electron chi connectivity index (χ0n) is 9.45. The maximum absolute atomic E-state index is 11.5. The standard InChI is InChI=1S/C10H22N2O2/c1-6(2)8(5-13)12-10(14)9(11)7(3)4/h6-9,13H,5,11H2,1-4H3,(H,12,14)/t8?,9-/m0/s1. The molecule has 0 heterocycles. The minimum Gasteiger partial charge on any atom is -0.394 e. The maximum Gasteiger partial charge on any atom is 0.237 e. The number of aliphatic hydroxyl groups excluding tert-OH is 1. The zero-order valence-corrected chi connectivity index (χ0v) is 9.45. The van der Waals surface area contributed by atoms with Crippen LogP contribution in [0.25, 0.3) is 0 Å². The van der Waals surface area contributed by atoms with E-state index in [-0.39, 0.29) is 30.4 Å². The summed E-state index contributed by atoms with van der Waals surface area (Å²) < 4.78 is 0. The van der Waals surface area contributed by atoms with Gasteiger partial charge in [0.05, 0.1) is 18.7 Å². The Morgan fingerprint density at radius 3 is 2.07 bits per heavy atom. The highest BCUT2D eigenvalue weighted by molar-refractivity contribution is 5.82. The predicted molar refractivity (Wildman–Crippen MR) is 56.7 cm³/mol.